The third-order valence-corrected chi connectivity index (χ3v) is 2.86. The van der Waals surface area contributed by atoms with Gasteiger partial charge in [0.05, 0.1) is 20.3 Å². The van der Waals surface area contributed by atoms with Gasteiger partial charge in [0.2, 0.25) is 0 Å². The van der Waals surface area contributed by atoms with Crippen molar-refractivity contribution >= 4 is 12.1 Å². The molecule has 0 unspecified atom stereocenters. The zero-order valence-corrected chi connectivity index (χ0v) is 11.6. The highest BCUT2D eigenvalue weighted by Gasteiger charge is 2.35. The Kier molecular flexibility index (Phi) is 5.34. The zero-order chi connectivity index (χ0) is 15.1. The Labute approximate surface area is 122 Å². The number of carbonyl (C=O) groups excluding carboxylic acids is 2. The SMILES string of the molecule is COC(=O)/C=C/[C@@H]1OC(=O)O[C@H]1COCc1ccccc1. The lowest BCUT2D eigenvalue weighted by Crippen LogP contribution is -2.26. The van der Waals surface area contributed by atoms with Gasteiger partial charge in [-0.05, 0) is 11.6 Å². The molecule has 112 valence electrons. The van der Waals surface area contributed by atoms with Crippen molar-refractivity contribution in [3.05, 3.63) is 48.0 Å². The topological polar surface area (TPSA) is 71.1 Å². The van der Waals surface area contributed by atoms with Crippen LogP contribution in [0.25, 0.3) is 0 Å². The molecule has 0 amide bonds. The maximum Gasteiger partial charge on any atom is 0.509 e. The standard InChI is InChI=1S/C15H16O6/c1-18-14(16)8-7-12-13(21-15(17)20-12)10-19-9-11-5-3-2-4-6-11/h2-8,12-13H,9-10H2,1H3/b8-7+/t12-,13-/m0/s1. The fourth-order valence-corrected chi connectivity index (χ4v) is 1.81. The molecule has 0 radical (unpaired) electrons. The van der Waals surface area contributed by atoms with E-state index in [4.69, 9.17) is 14.2 Å². The number of benzene rings is 1. The predicted molar refractivity (Wildman–Crippen MR) is 72.4 cm³/mol. The number of esters is 1. The molecule has 0 aromatic heterocycles. The number of rotatable bonds is 6. The van der Waals surface area contributed by atoms with Crippen LogP contribution in [0.4, 0.5) is 4.79 Å². The molecule has 1 aromatic rings. The summed E-state index contributed by atoms with van der Waals surface area (Å²) in [7, 11) is 1.27. The van der Waals surface area contributed by atoms with Gasteiger partial charge in [0.25, 0.3) is 0 Å². The van der Waals surface area contributed by atoms with Gasteiger partial charge in [-0.3, -0.25) is 0 Å². The van der Waals surface area contributed by atoms with Gasteiger partial charge in [-0.1, -0.05) is 30.3 Å². The van der Waals surface area contributed by atoms with Gasteiger partial charge in [0.15, 0.2) is 12.2 Å². The number of ether oxygens (including phenoxy) is 4. The summed E-state index contributed by atoms with van der Waals surface area (Å²) >= 11 is 0. The quantitative estimate of drug-likeness (QED) is 0.588. The molecule has 0 saturated carbocycles. The Bertz CT molecular complexity index is 510. The second-order valence-corrected chi connectivity index (χ2v) is 4.37. The highest BCUT2D eigenvalue weighted by molar-refractivity contribution is 5.82. The molecule has 6 nitrogen and oxygen atoms in total. The summed E-state index contributed by atoms with van der Waals surface area (Å²) < 4.78 is 19.9. The first-order valence-electron chi connectivity index (χ1n) is 6.44. The molecule has 0 N–H and O–H groups in total. The van der Waals surface area contributed by atoms with Crippen LogP contribution < -0.4 is 0 Å². The van der Waals surface area contributed by atoms with Crippen LogP contribution >= 0.6 is 0 Å². The molecule has 0 bridgehead atoms. The normalized spacial score (nSPS) is 21.1. The van der Waals surface area contributed by atoms with Crippen molar-refractivity contribution < 1.29 is 28.5 Å². The van der Waals surface area contributed by atoms with E-state index in [1.165, 1.54) is 19.3 Å². The van der Waals surface area contributed by atoms with Crippen LogP contribution in [0.2, 0.25) is 0 Å². The number of carbonyl (C=O) groups is 2. The number of hydrogen-bond donors (Lipinski definition) is 0. The van der Waals surface area contributed by atoms with Gasteiger partial charge < -0.3 is 18.9 Å². The van der Waals surface area contributed by atoms with Crippen molar-refractivity contribution in [2.24, 2.45) is 0 Å². The smallest absolute Gasteiger partial charge is 0.466 e. The summed E-state index contributed by atoms with van der Waals surface area (Å²) in [6, 6.07) is 9.62. The molecule has 1 aliphatic rings. The second kappa shape index (κ2) is 7.44. The summed E-state index contributed by atoms with van der Waals surface area (Å²) in [4.78, 5) is 22.2. The Morgan fingerprint density at radius 2 is 2.05 bits per heavy atom. The van der Waals surface area contributed by atoms with Crippen LogP contribution in [-0.2, 0) is 30.3 Å². The average Bonchev–Trinajstić information content (AvgIpc) is 2.86. The Balaban J connectivity index is 1.84. The molecular weight excluding hydrogens is 276 g/mol. The first kappa shape index (κ1) is 15.1. The Morgan fingerprint density at radius 1 is 1.29 bits per heavy atom. The van der Waals surface area contributed by atoms with Crippen LogP contribution in [0.3, 0.4) is 0 Å². The van der Waals surface area contributed by atoms with E-state index in [9.17, 15) is 9.59 Å². The number of cyclic esters (lactones) is 2. The summed E-state index contributed by atoms with van der Waals surface area (Å²) in [6.07, 6.45) is 0.599. The minimum Gasteiger partial charge on any atom is -0.466 e. The molecule has 1 aliphatic heterocycles. The van der Waals surface area contributed by atoms with E-state index in [1.54, 1.807) is 0 Å². The summed E-state index contributed by atoms with van der Waals surface area (Å²) in [5, 5.41) is 0. The summed E-state index contributed by atoms with van der Waals surface area (Å²) in [6.45, 7) is 0.582. The van der Waals surface area contributed by atoms with E-state index in [2.05, 4.69) is 4.74 Å². The van der Waals surface area contributed by atoms with E-state index in [1.807, 2.05) is 30.3 Å². The molecule has 6 heteroatoms. The fraction of sp³-hybridized carbons (Fsp3) is 0.333. The molecular formula is C15H16O6. The molecule has 1 aromatic carbocycles. The number of hydrogen-bond acceptors (Lipinski definition) is 6. The molecule has 1 heterocycles. The molecule has 2 atom stereocenters. The Hall–Kier alpha value is -2.34. The van der Waals surface area contributed by atoms with Gasteiger partial charge in [-0.15, -0.1) is 0 Å². The van der Waals surface area contributed by atoms with E-state index in [0.29, 0.717) is 6.61 Å². The number of methoxy groups -OCH3 is 1. The highest BCUT2D eigenvalue weighted by atomic mass is 16.8. The highest BCUT2D eigenvalue weighted by Crippen LogP contribution is 2.17. The van der Waals surface area contributed by atoms with E-state index < -0.39 is 24.3 Å². The van der Waals surface area contributed by atoms with Crippen LogP contribution in [0.1, 0.15) is 5.56 Å². The lowest BCUT2D eigenvalue weighted by molar-refractivity contribution is -0.134. The maximum absolute atomic E-state index is 11.2. The first-order chi connectivity index (χ1) is 10.2. The van der Waals surface area contributed by atoms with Gasteiger partial charge in [0.1, 0.15) is 0 Å². The predicted octanol–water partition coefficient (Wildman–Crippen LogP) is 1.84. The first-order valence-corrected chi connectivity index (χ1v) is 6.44. The Morgan fingerprint density at radius 3 is 2.76 bits per heavy atom. The average molecular weight is 292 g/mol. The molecule has 0 aliphatic carbocycles. The minimum atomic E-state index is -0.775. The van der Waals surface area contributed by atoms with Crippen molar-refractivity contribution in [1.29, 1.82) is 0 Å². The molecule has 1 saturated heterocycles. The van der Waals surface area contributed by atoms with Crippen molar-refractivity contribution in [2.45, 2.75) is 18.8 Å². The van der Waals surface area contributed by atoms with Crippen LogP contribution in [0.15, 0.2) is 42.5 Å². The van der Waals surface area contributed by atoms with Gasteiger partial charge in [0, 0.05) is 6.08 Å². The molecule has 0 spiro atoms. The third-order valence-electron chi connectivity index (χ3n) is 2.86. The van der Waals surface area contributed by atoms with Gasteiger partial charge in [-0.2, -0.15) is 0 Å². The van der Waals surface area contributed by atoms with Crippen LogP contribution in [0.5, 0.6) is 0 Å². The van der Waals surface area contributed by atoms with E-state index >= 15 is 0 Å². The van der Waals surface area contributed by atoms with E-state index in [-0.39, 0.29) is 6.61 Å². The molecule has 1 fully saturated rings. The van der Waals surface area contributed by atoms with Crippen LogP contribution in [-0.4, -0.2) is 38.0 Å². The minimum absolute atomic E-state index is 0.177. The maximum atomic E-state index is 11.2. The molecule has 2 rings (SSSR count). The monoisotopic (exact) mass is 292 g/mol. The largest absolute Gasteiger partial charge is 0.509 e. The van der Waals surface area contributed by atoms with Crippen molar-refractivity contribution in [3.8, 4) is 0 Å². The van der Waals surface area contributed by atoms with Crippen molar-refractivity contribution in [1.82, 2.24) is 0 Å². The fourth-order valence-electron chi connectivity index (χ4n) is 1.81. The lowest BCUT2D eigenvalue weighted by atomic mass is 10.2. The van der Waals surface area contributed by atoms with Crippen LogP contribution in [0, 0.1) is 0 Å². The summed E-state index contributed by atoms with van der Waals surface area (Å²) in [5.74, 6) is -0.526. The van der Waals surface area contributed by atoms with Gasteiger partial charge >= 0.3 is 12.1 Å². The van der Waals surface area contributed by atoms with Gasteiger partial charge in [-0.25, -0.2) is 9.59 Å². The van der Waals surface area contributed by atoms with E-state index in [0.717, 1.165) is 5.56 Å². The van der Waals surface area contributed by atoms with Crippen molar-refractivity contribution in [2.75, 3.05) is 13.7 Å². The second-order valence-electron chi connectivity index (χ2n) is 4.37. The zero-order valence-electron chi connectivity index (χ0n) is 11.6. The summed E-state index contributed by atoms with van der Waals surface area (Å²) in [5.41, 5.74) is 1.02. The lowest BCUT2D eigenvalue weighted by Gasteiger charge is -2.12. The molecule has 21 heavy (non-hydrogen) atoms. The van der Waals surface area contributed by atoms with Crippen molar-refractivity contribution in [3.63, 3.8) is 0 Å². The third kappa shape index (κ3) is 4.61.